The number of halogens is 1. The fraction of sp³-hybridized carbons (Fsp3) is 0.133. The summed E-state index contributed by atoms with van der Waals surface area (Å²) < 4.78 is 27.1. The van der Waals surface area contributed by atoms with Crippen LogP contribution in [0, 0.1) is 11.3 Å². The molecule has 0 aliphatic rings. The number of sulfonamides is 1. The Balaban J connectivity index is 2.31. The molecule has 22 heavy (non-hydrogen) atoms. The summed E-state index contributed by atoms with van der Waals surface area (Å²) in [6.07, 6.45) is 0. The lowest BCUT2D eigenvalue weighted by atomic mass is 10.1. The summed E-state index contributed by atoms with van der Waals surface area (Å²) in [6, 6.07) is 13.7. The van der Waals surface area contributed by atoms with Crippen molar-refractivity contribution in [2.75, 3.05) is 6.61 Å². The Labute approximate surface area is 133 Å². The number of nitriles is 1. The van der Waals surface area contributed by atoms with Gasteiger partial charge in [0.2, 0.25) is 10.0 Å². The van der Waals surface area contributed by atoms with Crippen LogP contribution in [0.3, 0.4) is 0 Å². The van der Waals surface area contributed by atoms with Crippen LogP contribution >= 0.6 is 11.6 Å². The molecule has 0 saturated heterocycles. The Morgan fingerprint density at radius 1 is 1.23 bits per heavy atom. The van der Waals surface area contributed by atoms with Crippen molar-refractivity contribution >= 4 is 21.6 Å². The second-order valence-electron chi connectivity index (χ2n) is 4.52. The average Bonchev–Trinajstić information content (AvgIpc) is 2.53. The van der Waals surface area contributed by atoms with Crippen molar-refractivity contribution in [1.29, 1.82) is 5.26 Å². The normalized spacial score (nSPS) is 12.6. The highest BCUT2D eigenvalue weighted by Gasteiger charge is 2.21. The molecule has 1 atom stereocenters. The van der Waals surface area contributed by atoms with Gasteiger partial charge in [-0.05, 0) is 23.8 Å². The third kappa shape index (κ3) is 3.64. The van der Waals surface area contributed by atoms with Crippen LogP contribution in [0.25, 0.3) is 0 Å². The number of nitrogens with one attached hydrogen (secondary N) is 1. The summed E-state index contributed by atoms with van der Waals surface area (Å²) in [5.41, 5.74) is 0.843. The molecule has 2 aromatic rings. The van der Waals surface area contributed by atoms with Crippen LogP contribution in [-0.4, -0.2) is 20.1 Å². The molecule has 2 N–H and O–H groups in total. The molecule has 0 unspecified atom stereocenters. The van der Waals surface area contributed by atoms with Gasteiger partial charge in [0.15, 0.2) is 0 Å². The maximum Gasteiger partial charge on any atom is 0.241 e. The summed E-state index contributed by atoms with van der Waals surface area (Å²) in [5, 5.41) is 18.3. The SMILES string of the molecule is N#Cc1ccc(S(=O)(=O)N[C@H](CO)c2ccccc2)cc1Cl. The van der Waals surface area contributed by atoms with E-state index in [1.54, 1.807) is 30.3 Å². The molecule has 0 bridgehead atoms. The number of rotatable bonds is 5. The maximum atomic E-state index is 12.4. The summed E-state index contributed by atoms with van der Waals surface area (Å²) in [5.74, 6) is 0. The first-order chi connectivity index (χ1) is 10.5. The zero-order valence-corrected chi connectivity index (χ0v) is 13.0. The highest BCUT2D eigenvalue weighted by molar-refractivity contribution is 7.89. The quantitative estimate of drug-likeness (QED) is 0.876. The van der Waals surface area contributed by atoms with Crippen molar-refractivity contribution < 1.29 is 13.5 Å². The van der Waals surface area contributed by atoms with Gasteiger partial charge in [0.25, 0.3) is 0 Å². The summed E-state index contributed by atoms with van der Waals surface area (Å²) in [7, 11) is -3.87. The molecule has 2 aromatic carbocycles. The smallest absolute Gasteiger partial charge is 0.241 e. The Kier molecular flexibility index (Phi) is 5.16. The molecule has 0 fully saturated rings. The van der Waals surface area contributed by atoms with Gasteiger partial charge < -0.3 is 5.11 Å². The van der Waals surface area contributed by atoms with E-state index in [-0.39, 0.29) is 22.1 Å². The van der Waals surface area contributed by atoms with Crippen molar-refractivity contribution in [3.05, 3.63) is 64.7 Å². The maximum absolute atomic E-state index is 12.4. The van der Waals surface area contributed by atoms with Gasteiger partial charge in [0, 0.05) is 0 Å². The van der Waals surface area contributed by atoms with Crippen LogP contribution in [0.4, 0.5) is 0 Å². The van der Waals surface area contributed by atoms with Crippen LogP contribution in [0.15, 0.2) is 53.4 Å². The molecule has 0 aliphatic carbocycles. The largest absolute Gasteiger partial charge is 0.394 e. The van der Waals surface area contributed by atoms with Crippen molar-refractivity contribution in [3.63, 3.8) is 0 Å². The molecule has 0 aromatic heterocycles. The second-order valence-corrected chi connectivity index (χ2v) is 6.64. The number of nitrogens with zero attached hydrogens (tertiary/aromatic N) is 1. The van der Waals surface area contributed by atoms with E-state index in [1.165, 1.54) is 18.2 Å². The molecular weight excluding hydrogens is 324 g/mol. The van der Waals surface area contributed by atoms with Crippen LogP contribution in [-0.2, 0) is 10.0 Å². The van der Waals surface area contributed by atoms with Gasteiger partial charge in [-0.1, -0.05) is 41.9 Å². The molecule has 0 heterocycles. The molecule has 0 spiro atoms. The first kappa shape index (κ1) is 16.5. The molecule has 0 radical (unpaired) electrons. The first-order valence-corrected chi connectivity index (χ1v) is 8.22. The van der Waals surface area contributed by atoms with Crippen LogP contribution < -0.4 is 4.72 Å². The summed E-state index contributed by atoms with van der Waals surface area (Å²) in [4.78, 5) is -0.0640. The Bertz CT molecular complexity index is 801. The third-order valence-electron chi connectivity index (χ3n) is 3.05. The molecule has 0 saturated carbocycles. The predicted molar refractivity (Wildman–Crippen MR) is 82.8 cm³/mol. The molecular formula is C15H13ClN2O3S. The number of hydrogen-bond acceptors (Lipinski definition) is 4. The van der Waals surface area contributed by atoms with Crippen LogP contribution in [0.5, 0.6) is 0 Å². The van der Waals surface area contributed by atoms with E-state index in [9.17, 15) is 13.5 Å². The topological polar surface area (TPSA) is 90.2 Å². The third-order valence-corrected chi connectivity index (χ3v) is 4.84. The van der Waals surface area contributed by atoms with Crippen molar-refractivity contribution in [2.45, 2.75) is 10.9 Å². The summed E-state index contributed by atoms with van der Waals surface area (Å²) >= 11 is 5.86. The molecule has 0 amide bonds. The van der Waals surface area contributed by atoms with E-state index >= 15 is 0 Å². The van der Waals surface area contributed by atoms with Crippen LogP contribution in [0.2, 0.25) is 5.02 Å². The fourth-order valence-corrected chi connectivity index (χ4v) is 3.43. The monoisotopic (exact) mass is 336 g/mol. The highest BCUT2D eigenvalue weighted by Crippen LogP contribution is 2.22. The number of aliphatic hydroxyl groups is 1. The van der Waals surface area contributed by atoms with Gasteiger partial charge in [-0.15, -0.1) is 0 Å². The van der Waals surface area contributed by atoms with Crippen molar-refractivity contribution in [1.82, 2.24) is 4.72 Å². The van der Waals surface area contributed by atoms with E-state index in [0.717, 1.165) is 0 Å². The standard InChI is InChI=1S/C15H13ClN2O3S/c16-14-8-13(7-6-12(14)9-17)22(20,21)18-15(10-19)11-4-2-1-3-5-11/h1-8,15,18-19H,10H2/t15-/m1/s1. The predicted octanol–water partition coefficient (Wildman–Crippen LogP) is 2.22. The minimum absolute atomic E-state index is 0.0608. The Morgan fingerprint density at radius 3 is 2.45 bits per heavy atom. The Hall–Kier alpha value is -1.91. The number of benzene rings is 2. The van der Waals surface area contributed by atoms with Crippen molar-refractivity contribution in [3.8, 4) is 6.07 Å². The molecule has 2 rings (SSSR count). The van der Waals surface area contributed by atoms with E-state index in [4.69, 9.17) is 16.9 Å². The van der Waals surface area contributed by atoms with Gasteiger partial charge in [-0.25, -0.2) is 13.1 Å². The average molecular weight is 337 g/mol. The lowest BCUT2D eigenvalue weighted by molar-refractivity contribution is 0.259. The number of aliphatic hydroxyl groups excluding tert-OH is 1. The van der Waals surface area contributed by atoms with Gasteiger partial charge in [-0.3, -0.25) is 0 Å². The highest BCUT2D eigenvalue weighted by atomic mass is 35.5. The van der Waals surface area contributed by atoms with E-state index in [2.05, 4.69) is 4.72 Å². The van der Waals surface area contributed by atoms with Gasteiger partial charge >= 0.3 is 0 Å². The molecule has 114 valence electrons. The summed E-state index contributed by atoms with van der Waals surface area (Å²) in [6.45, 7) is -0.382. The lowest BCUT2D eigenvalue weighted by Crippen LogP contribution is -2.30. The van der Waals surface area contributed by atoms with E-state index < -0.39 is 16.1 Å². The van der Waals surface area contributed by atoms with Crippen LogP contribution in [0.1, 0.15) is 17.2 Å². The van der Waals surface area contributed by atoms with E-state index in [0.29, 0.717) is 5.56 Å². The number of hydrogen-bond donors (Lipinski definition) is 2. The van der Waals surface area contributed by atoms with E-state index in [1.807, 2.05) is 6.07 Å². The van der Waals surface area contributed by atoms with Crippen molar-refractivity contribution in [2.24, 2.45) is 0 Å². The van der Waals surface area contributed by atoms with Gasteiger partial charge in [0.1, 0.15) is 6.07 Å². The lowest BCUT2D eigenvalue weighted by Gasteiger charge is -2.17. The zero-order valence-electron chi connectivity index (χ0n) is 11.4. The molecule has 5 nitrogen and oxygen atoms in total. The first-order valence-electron chi connectivity index (χ1n) is 6.35. The second kappa shape index (κ2) is 6.90. The molecule has 7 heteroatoms. The molecule has 0 aliphatic heterocycles. The minimum Gasteiger partial charge on any atom is -0.394 e. The Morgan fingerprint density at radius 2 is 1.91 bits per heavy atom. The minimum atomic E-state index is -3.87. The van der Waals surface area contributed by atoms with Gasteiger partial charge in [0.05, 0.1) is 28.1 Å². The zero-order chi connectivity index (χ0) is 16.2. The van der Waals surface area contributed by atoms with Gasteiger partial charge in [-0.2, -0.15) is 5.26 Å². The fourth-order valence-electron chi connectivity index (χ4n) is 1.91.